The predicted octanol–water partition coefficient (Wildman–Crippen LogP) is 2.85. The van der Waals surface area contributed by atoms with Gasteiger partial charge in [-0.3, -0.25) is 4.79 Å². The molecule has 0 bridgehead atoms. The molecule has 112 valence electrons. The monoisotopic (exact) mass is 301 g/mol. The molecule has 0 saturated heterocycles. The molecule has 4 nitrogen and oxygen atoms in total. The van der Waals surface area contributed by atoms with Crippen LogP contribution in [0.15, 0.2) is 29.2 Å². The topological polar surface area (TPSA) is 63.2 Å². The lowest BCUT2D eigenvalue weighted by atomic mass is 9.99. The predicted molar refractivity (Wildman–Crippen MR) is 75.0 cm³/mol. The van der Waals surface area contributed by atoms with Crippen LogP contribution in [-0.4, -0.2) is 14.3 Å². The van der Waals surface area contributed by atoms with E-state index in [0.29, 0.717) is 12.8 Å². The van der Waals surface area contributed by atoms with Crippen molar-refractivity contribution in [2.75, 3.05) is 0 Å². The molecule has 0 aromatic heterocycles. The molecule has 0 saturated carbocycles. The van der Waals surface area contributed by atoms with E-state index in [4.69, 9.17) is 0 Å². The summed E-state index contributed by atoms with van der Waals surface area (Å²) < 4.78 is 38.8. The third-order valence-electron chi connectivity index (χ3n) is 3.13. The van der Waals surface area contributed by atoms with Crippen LogP contribution in [0.5, 0.6) is 0 Å². The molecular weight excluding hydrogens is 281 g/mol. The molecule has 1 amide bonds. The van der Waals surface area contributed by atoms with Crippen molar-refractivity contribution < 1.29 is 17.6 Å². The van der Waals surface area contributed by atoms with Crippen molar-refractivity contribution in [2.45, 2.75) is 44.4 Å². The first-order valence-corrected chi connectivity index (χ1v) is 8.21. The van der Waals surface area contributed by atoms with Crippen molar-refractivity contribution in [3.63, 3.8) is 0 Å². The minimum absolute atomic E-state index is 0.113. The van der Waals surface area contributed by atoms with Gasteiger partial charge in [0.1, 0.15) is 5.82 Å². The molecule has 1 rings (SSSR count). The molecule has 0 radical (unpaired) electrons. The number of hydrogen-bond donors (Lipinski definition) is 1. The van der Waals surface area contributed by atoms with Crippen LogP contribution in [0.2, 0.25) is 0 Å². The summed E-state index contributed by atoms with van der Waals surface area (Å²) in [5, 5.41) is 0. The fraction of sp³-hybridized carbons (Fsp3) is 0.500. The highest BCUT2D eigenvalue weighted by molar-refractivity contribution is 7.90. The molecule has 0 aliphatic carbocycles. The molecular formula is C14H20FNO3S. The molecule has 1 atom stereocenters. The van der Waals surface area contributed by atoms with E-state index in [-0.39, 0.29) is 10.8 Å². The number of rotatable bonds is 7. The van der Waals surface area contributed by atoms with Crippen LogP contribution < -0.4 is 4.72 Å². The van der Waals surface area contributed by atoms with Crippen molar-refractivity contribution in [1.82, 2.24) is 4.72 Å². The summed E-state index contributed by atoms with van der Waals surface area (Å²) in [5.41, 5.74) is 0. The van der Waals surface area contributed by atoms with E-state index in [1.165, 1.54) is 0 Å². The van der Waals surface area contributed by atoms with Gasteiger partial charge in [-0.15, -0.1) is 0 Å². The van der Waals surface area contributed by atoms with Crippen LogP contribution in [0.3, 0.4) is 0 Å². The van der Waals surface area contributed by atoms with Gasteiger partial charge in [0.15, 0.2) is 0 Å². The van der Waals surface area contributed by atoms with Crippen LogP contribution in [-0.2, 0) is 14.8 Å². The Bertz CT molecular complexity index is 540. The highest BCUT2D eigenvalue weighted by Gasteiger charge is 2.23. The normalized spacial score (nSPS) is 12.9. The molecule has 1 unspecified atom stereocenters. The van der Waals surface area contributed by atoms with Gasteiger partial charge in [0.2, 0.25) is 5.91 Å². The van der Waals surface area contributed by atoms with Crippen LogP contribution in [0, 0.1) is 11.7 Å². The summed E-state index contributed by atoms with van der Waals surface area (Å²) in [6, 6.07) is 4.37. The van der Waals surface area contributed by atoms with E-state index in [2.05, 4.69) is 4.72 Å². The zero-order valence-electron chi connectivity index (χ0n) is 11.7. The number of sulfonamides is 1. The first kappa shape index (κ1) is 16.6. The molecule has 1 N–H and O–H groups in total. The average molecular weight is 301 g/mol. The standard InChI is InChI=1S/C14H20FNO3S/c1-3-5-6-11(4-2)14(17)16-20(18,19)13-9-7-12(15)8-10-13/h7-11H,3-6H2,1-2H3,(H,16,17). The maximum absolute atomic E-state index is 12.8. The van der Waals surface area contributed by atoms with Crippen molar-refractivity contribution in [2.24, 2.45) is 5.92 Å². The second-order valence-electron chi connectivity index (χ2n) is 4.67. The number of unbranched alkanes of at least 4 members (excludes halogenated alkanes) is 1. The zero-order valence-corrected chi connectivity index (χ0v) is 12.5. The quantitative estimate of drug-likeness (QED) is 0.842. The van der Waals surface area contributed by atoms with Gasteiger partial charge in [0, 0.05) is 5.92 Å². The highest BCUT2D eigenvalue weighted by atomic mass is 32.2. The molecule has 0 aliphatic rings. The Morgan fingerprint density at radius 1 is 1.25 bits per heavy atom. The highest BCUT2D eigenvalue weighted by Crippen LogP contribution is 2.15. The van der Waals surface area contributed by atoms with Crippen molar-refractivity contribution in [3.05, 3.63) is 30.1 Å². The molecule has 0 aliphatic heterocycles. The molecule has 0 spiro atoms. The molecule has 1 aromatic rings. The fourth-order valence-corrected chi connectivity index (χ4v) is 2.90. The van der Waals surface area contributed by atoms with Crippen molar-refractivity contribution in [1.29, 1.82) is 0 Å². The maximum Gasteiger partial charge on any atom is 0.264 e. The maximum atomic E-state index is 12.8. The largest absolute Gasteiger partial charge is 0.274 e. The summed E-state index contributed by atoms with van der Waals surface area (Å²) >= 11 is 0. The minimum Gasteiger partial charge on any atom is -0.274 e. The number of benzene rings is 1. The number of amides is 1. The van der Waals surface area contributed by atoms with Crippen LogP contribution in [0.25, 0.3) is 0 Å². The lowest BCUT2D eigenvalue weighted by Gasteiger charge is -2.14. The van der Waals surface area contributed by atoms with E-state index in [0.717, 1.165) is 37.1 Å². The van der Waals surface area contributed by atoms with Gasteiger partial charge in [0.05, 0.1) is 4.90 Å². The first-order valence-electron chi connectivity index (χ1n) is 6.73. The third-order valence-corrected chi connectivity index (χ3v) is 4.49. The summed E-state index contributed by atoms with van der Waals surface area (Å²) in [5.74, 6) is -1.33. The number of halogens is 1. The Kier molecular flexibility index (Phi) is 6.13. The van der Waals surface area contributed by atoms with Gasteiger partial charge in [-0.25, -0.2) is 17.5 Å². The Labute approximate surface area is 119 Å². The second-order valence-corrected chi connectivity index (χ2v) is 6.35. The van der Waals surface area contributed by atoms with Crippen LogP contribution in [0.1, 0.15) is 39.5 Å². The van der Waals surface area contributed by atoms with E-state index in [1.54, 1.807) is 0 Å². The summed E-state index contributed by atoms with van der Waals surface area (Å²) in [7, 11) is -3.92. The number of nitrogens with one attached hydrogen (secondary N) is 1. The Balaban J connectivity index is 2.79. The first-order chi connectivity index (χ1) is 9.40. The SMILES string of the molecule is CCCCC(CC)C(=O)NS(=O)(=O)c1ccc(F)cc1. The second kappa shape index (κ2) is 7.38. The van der Waals surface area contributed by atoms with Gasteiger partial charge >= 0.3 is 0 Å². The molecule has 6 heteroatoms. The van der Waals surface area contributed by atoms with Crippen molar-refractivity contribution >= 4 is 15.9 Å². The lowest BCUT2D eigenvalue weighted by molar-refractivity contribution is -0.123. The molecule has 1 aromatic carbocycles. The van der Waals surface area contributed by atoms with Gasteiger partial charge in [0.25, 0.3) is 10.0 Å². The van der Waals surface area contributed by atoms with Crippen LogP contribution in [0.4, 0.5) is 4.39 Å². The number of hydrogen-bond acceptors (Lipinski definition) is 3. The Morgan fingerprint density at radius 2 is 1.85 bits per heavy atom. The minimum atomic E-state index is -3.92. The van der Waals surface area contributed by atoms with Crippen molar-refractivity contribution in [3.8, 4) is 0 Å². The Morgan fingerprint density at radius 3 is 2.35 bits per heavy atom. The third kappa shape index (κ3) is 4.59. The van der Waals surface area contributed by atoms with Gasteiger partial charge < -0.3 is 0 Å². The molecule has 0 heterocycles. The fourth-order valence-electron chi connectivity index (χ4n) is 1.86. The van der Waals surface area contributed by atoms with E-state index < -0.39 is 21.7 Å². The van der Waals surface area contributed by atoms with E-state index >= 15 is 0 Å². The zero-order chi connectivity index (χ0) is 15.2. The van der Waals surface area contributed by atoms with Gasteiger partial charge in [-0.05, 0) is 37.1 Å². The average Bonchev–Trinajstić information content (AvgIpc) is 2.39. The molecule has 0 fully saturated rings. The number of carbonyl (C=O) groups is 1. The summed E-state index contributed by atoms with van der Waals surface area (Å²) in [6.45, 7) is 3.87. The molecule has 20 heavy (non-hydrogen) atoms. The number of carbonyl (C=O) groups excluding carboxylic acids is 1. The lowest BCUT2D eigenvalue weighted by Crippen LogP contribution is -2.35. The Hall–Kier alpha value is -1.43. The van der Waals surface area contributed by atoms with E-state index in [9.17, 15) is 17.6 Å². The summed E-state index contributed by atoms with van der Waals surface area (Å²) in [4.78, 5) is 11.9. The van der Waals surface area contributed by atoms with Gasteiger partial charge in [-0.2, -0.15) is 0 Å². The smallest absolute Gasteiger partial charge is 0.264 e. The summed E-state index contributed by atoms with van der Waals surface area (Å²) in [6.07, 6.45) is 3.08. The van der Waals surface area contributed by atoms with E-state index in [1.807, 2.05) is 13.8 Å². The van der Waals surface area contributed by atoms with Crippen LogP contribution >= 0.6 is 0 Å². The van der Waals surface area contributed by atoms with Gasteiger partial charge in [-0.1, -0.05) is 26.7 Å².